The van der Waals surface area contributed by atoms with Gasteiger partial charge in [0.25, 0.3) is 0 Å². The van der Waals surface area contributed by atoms with Crippen LogP contribution in [0, 0.1) is 6.92 Å². The third kappa shape index (κ3) is 4.27. The monoisotopic (exact) mass is 263 g/mol. The first-order valence-corrected chi connectivity index (χ1v) is 6.65. The first-order valence-electron chi connectivity index (χ1n) is 6.65. The standard InChI is InChI=1S/C16H25NO2/c1-12-7-8-14(16(2,3)4)11-13(12)9-10-17(5)15(18)19-6/h7-8,11H,9-10H2,1-6H3. The van der Waals surface area contributed by atoms with E-state index in [0.717, 1.165) is 6.42 Å². The fraction of sp³-hybridized carbons (Fsp3) is 0.562. The minimum absolute atomic E-state index is 0.150. The third-order valence-electron chi connectivity index (χ3n) is 3.42. The molecular formula is C16H25NO2. The molecule has 0 fully saturated rings. The van der Waals surface area contributed by atoms with Gasteiger partial charge in [0.15, 0.2) is 0 Å². The van der Waals surface area contributed by atoms with Crippen LogP contribution in [0.4, 0.5) is 4.79 Å². The zero-order valence-corrected chi connectivity index (χ0v) is 12.9. The maximum Gasteiger partial charge on any atom is 0.409 e. The third-order valence-corrected chi connectivity index (χ3v) is 3.42. The first kappa shape index (κ1) is 15.5. The topological polar surface area (TPSA) is 29.5 Å². The fourth-order valence-corrected chi connectivity index (χ4v) is 1.94. The van der Waals surface area contributed by atoms with Crippen LogP contribution in [-0.2, 0) is 16.6 Å². The van der Waals surface area contributed by atoms with Gasteiger partial charge in [-0.2, -0.15) is 0 Å². The van der Waals surface area contributed by atoms with E-state index in [0.29, 0.717) is 6.54 Å². The van der Waals surface area contributed by atoms with Crippen LogP contribution in [0.15, 0.2) is 18.2 Å². The number of likely N-dealkylation sites (N-methyl/N-ethyl adjacent to an activating group) is 1. The molecule has 0 unspecified atom stereocenters. The van der Waals surface area contributed by atoms with Gasteiger partial charge >= 0.3 is 6.09 Å². The highest BCUT2D eigenvalue weighted by molar-refractivity contribution is 5.66. The Hall–Kier alpha value is -1.51. The van der Waals surface area contributed by atoms with E-state index in [-0.39, 0.29) is 11.5 Å². The molecule has 19 heavy (non-hydrogen) atoms. The minimum Gasteiger partial charge on any atom is -0.453 e. The summed E-state index contributed by atoms with van der Waals surface area (Å²) in [5, 5.41) is 0. The summed E-state index contributed by atoms with van der Waals surface area (Å²) in [4.78, 5) is 12.9. The van der Waals surface area contributed by atoms with E-state index in [1.807, 2.05) is 0 Å². The number of nitrogens with zero attached hydrogens (tertiary/aromatic N) is 1. The number of benzene rings is 1. The van der Waals surface area contributed by atoms with Crippen molar-refractivity contribution in [1.29, 1.82) is 0 Å². The summed E-state index contributed by atoms with van der Waals surface area (Å²) in [6.45, 7) is 9.41. The number of amides is 1. The Morgan fingerprint density at radius 3 is 2.47 bits per heavy atom. The smallest absolute Gasteiger partial charge is 0.409 e. The van der Waals surface area contributed by atoms with E-state index in [1.54, 1.807) is 11.9 Å². The molecule has 0 aromatic heterocycles. The molecular weight excluding hydrogens is 238 g/mol. The predicted molar refractivity (Wildman–Crippen MR) is 78.6 cm³/mol. The molecule has 1 aromatic carbocycles. The molecule has 0 aliphatic heterocycles. The van der Waals surface area contributed by atoms with Crippen LogP contribution in [0.3, 0.4) is 0 Å². The highest BCUT2D eigenvalue weighted by Gasteiger charge is 2.15. The zero-order chi connectivity index (χ0) is 14.6. The lowest BCUT2D eigenvalue weighted by molar-refractivity contribution is 0.134. The number of hydrogen-bond donors (Lipinski definition) is 0. The number of aryl methyl sites for hydroxylation is 1. The minimum atomic E-state index is -0.287. The van der Waals surface area contributed by atoms with Crippen molar-refractivity contribution in [2.45, 2.75) is 39.5 Å². The van der Waals surface area contributed by atoms with E-state index in [1.165, 1.54) is 23.8 Å². The fourth-order valence-electron chi connectivity index (χ4n) is 1.94. The molecule has 3 nitrogen and oxygen atoms in total. The molecule has 0 bridgehead atoms. The molecule has 3 heteroatoms. The summed E-state index contributed by atoms with van der Waals surface area (Å²) in [5.41, 5.74) is 4.04. The quantitative estimate of drug-likeness (QED) is 0.835. The van der Waals surface area contributed by atoms with Gasteiger partial charge in [0, 0.05) is 13.6 Å². The number of rotatable bonds is 3. The van der Waals surface area contributed by atoms with Crippen LogP contribution >= 0.6 is 0 Å². The van der Waals surface area contributed by atoms with E-state index < -0.39 is 0 Å². The van der Waals surface area contributed by atoms with E-state index in [2.05, 4.69) is 45.9 Å². The zero-order valence-electron chi connectivity index (χ0n) is 12.9. The normalized spacial score (nSPS) is 11.3. The lowest BCUT2D eigenvalue weighted by Gasteiger charge is -2.22. The van der Waals surface area contributed by atoms with Gasteiger partial charge in [-0.1, -0.05) is 39.0 Å². The molecule has 0 aliphatic carbocycles. The van der Waals surface area contributed by atoms with Gasteiger partial charge in [-0.25, -0.2) is 4.79 Å². The van der Waals surface area contributed by atoms with E-state index in [9.17, 15) is 4.79 Å². The summed E-state index contributed by atoms with van der Waals surface area (Å²) < 4.78 is 4.70. The van der Waals surface area contributed by atoms with Crippen molar-refractivity contribution in [2.24, 2.45) is 0 Å². The Balaban J connectivity index is 2.81. The van der Waals surface area contributed by atoms with Gasteiger partial charge in [-0.05, 0) is 35.4 Å². The SMILES string of the molecule is COC(=O)N(C)CCc1cc(C(C)(C)C)ccc1C. The van der Waals surface area contributed by atoms with Gasteiger partial charge < -0.3 is 9.64 Å². The Bertz CT molecular complexity index is 447. The molecule has 0 heterocycles. The van der Waals surface area contributed by atoms with Crippen molar-refractivity contribution in [2.75, 3.05) is 20.7 Å². The molecule has 1 amide bonds. The van der Waals surface area contributed by atoms with Gasteiger partial charge in [0.2, 0.25) is 0 Å². The number of ether oxygens (including phenoxy) is 1. The number of methoxy groups -OCH3 is 1. The largest absolute Gasteiger partial charge is 0.453 e. The number of hydrogen-bond acceptors (Lipinski definition) is 2. The Kier molecular flexibility index (Phi) is 4.98. The molecule has 0 saturated carbocycles. The molecule has 1 rings (SSSR count). The van der Waals surface area contributed by atoms with Crippen LogP contribution in [0.25, 0.3) is 0 Å². The van der Waals surface area contributed by atoms with Gasteiger partial charge in [-0.3, -0.25) is 0 Å². The van der Waals surface area contributed by atoms with Crippen LogP contribution in [-0.4, -0.2) is 31.7 Å². The Labute approximate surface area is 116 Å². The summed E-state index contributed by atoms with van der Waals surface area (Å²) in [6.07, 6.45) is 0.561. The highest BCUT2D eigenvalue weighted by Crippen LogP contribution is 2.24. The molecule has 106 valence electrons. The van der Waals surface area contributed by atoms with Crippen molar-refractivity contribution in [3.63, 3.8) is 0 Å². The maximum absolute atomic E-state index is 11.3. The predicted octanol–water partition coefficient (Wildman–Crippen LogP) is 3.53. The van der Waals surface area contributed by atoms with Gasteiger partial charge in [0.05, 0.1) is 7.11 Å². The Morgan fingerprint density at radius 2 is 1.95 bits per heavy atom. The number of carbonyl (C=O) groups excluding carboxylic acids is 1. The van der Waals surface area contributed by atoms with E-state index in [4.69, 9.17) is 4.74 Å². The lowest BCUT2D eigenvalue weighted by Crippen LogP contribution is -2.28. The molecule has 0 N–H and O–H groups in total. The molecule has 0 spiro atoms. The Morgan fingerprint density at radius 1 is 1.32 bits per heavy atom. The summed E-state index contributed by atoms with van der Waals surface area (Å²) in [7, 11) is 3.17. The molecule has 0 atom stereocenters. The van der Waals surface area contributed by atoms with Crippen LogP contribution < -0.4 is 0 Å². The molecule has 0 radical (unpaired) electrons. The van der Waals surface area contributed by atoms with Crippen LogP contribution in [0.5, 0.6) is 0 Å². The second-order valence-corrected chi connectivity index (χ2v) is 6.03. The van der Waals surface area contributed by atoms with Gasteiger partial charge in [-0.15, -0.1) is 0 Å². The molecule has 0 aliphatic rings. The maximum atomic E-state index is 11.3. The van der Waals surface area contributed by atoms with Crippen LogP contribution in [0.2, 0.25) is 0 Å². The van der Waals surface area contributed by atoms with E-state index >= 15 is 0 Å². The van der Waals surface area contributed by atoms with Crippen molar-refractivity contribution < 1.29 is 9.53 Å². The second-order valence-electron chi connectivity index (χ2n) is 6.03. The summed E-state index contributed by atoms with van der Waals surface area (Å²) in [6, 6.07) is 6.59. The molecule has 0 saturated heterocycles. The van der Waals surface area contributed by atoms with Crippen molar-refractivity contribution in [3.05, 3.63) is 34.9 Å². The van der Waals surface area contributed by atoms with Crippen molar-refractivity contribution in [3.8, 4) is 0 Å². The molecule has 1 aromatic rings. The average Bonchev–Trinajstić information content (AvgIpc) is 2.35. The first-order chi connectivity index (χ1) is 8.75. The van der Waals surface area contributed by atoms with Crippen LogP contribution in [0.1, 0.15) is 37.5 Å². The average molecular weight is 263 g/mol. The van der Waals surface area contributed by atoms with Gasteiger partial charge in [0.1, 0.15) is 0 Å². The second kappa shape index (κ2) is 6.09. The van der Waals surface area contributed by atoms with Crippen molar-refractivity contribution >= 4 is 6.09 Å². The summed E-state index contributed by atoms with van der Waals surface area (Å²) >= 11 is 0. The lowest BCUT2D eigenvalue weighted by atomic mass is 9.85. The number of carbonyl (C=O) groups is 1. The van der Waals surface area contributed by atoms with Crippen molar-refractivity contribution in [1.82, 2.24) is 4.90 Å². The summed E-state index contributed by atoms with van der Waals surface area (Å²) in [5.74, 6) is 0. The highest BCUT2D eigenvalue weighted by atomic mass is 16.5.